The third kappa shape index (κ3) is 3.64. The van der Waals surface area contributed by atoms with Crippen molar-refractivity contribution < 1.29 is 18.7 Å². The van der Waals surface area contributed by atoms with Crippen molar-refractivity contribution in [2.24, 2.45) is 0 Å². The highest BCUT2D eigenvalue weighted by Gasteiger charge is 2.45. The molecule has 1 aromatic carbocycles. The van der Waals surface area contributed by atoms with E-state index in [9.17, 15) is 9.18 Å². The van der Waals surface area contributed by atoms with E-state index in [1.54, 1.807) is 0 Å². The lowest BCUT2D eigenvalue weighted by atomic mass is 9.73. The number of carbonyl (C=O) groups excluding carboxylic acids is 1. The molecule has 27 heavy (non-hydrogen) atoms. The highest BCUT2D eigenvalue weighted by Crippen LogP contribution is 2.37. The van der Waals surface area contributed by atoms with Crippen molar-refractivity contribution in [3.8, 4) is 6.01 Å². The average Bonchev–Trinajstić information content (AvgIpc) is 3.19. The van der Waals surface area contributed by atoms with Gasteiger partial charge in [0.1, 0.15) is 6.10 Å². The highest BCUT2D eigenvalue weighted by molar-refractivity contribution is 5.88. The van der Waals surface area contributed by atoms with Crippen molar-refractivity contribution in [1.29, 1.82) is 0 Å². The van der Waals surface area contributed by atoms with E-state index < -0.39 is 11.2 Å². The molecule has 0 radical (unpaired) electrons. The minimum Gasteiger partial charge on any atom is -0.458 e. The fourth-order valence-corrected chi connectivity index (χ4v) is 3.92. The van der Waals surface area contributed by atoms with E-state index in [4.69, 9.17) is 9.47 Å². The maximum atomic E-state index is 13.5. The van der Waals surface area contributed by atoms with Gasteiger partial charge in [-0.2, -0.15) is 0 Å². The molecular formula is C20H22FN3O3. The predicted octanol–water partition coefficient (Wildman–Crippen LogP) is 2.34. The Kier molecular flexibility index (Phi) is 5.03. The molecular weight excluding hydrogens is 349 g/mol. The number of nitrogens with zero attached hydrogens (tertiary/aromatic N) is 3. The lowest BCUT2D eigenvalue weighted by Gasteiger charge is -2.39. The van der Waals surface area contributed by atoms with E-state index in [0.29, 0.717) is 45.6 Å². The molecule has 6 nitrogen and oxygen atoms in total. The quantitative estimate of drug-likeness (QED) is 0.825. The van der Waals surface area contributed by atoms with Gasteiger partial charge in [-0.3, -0.25) is 4.79 Å². The van der Waals surface area contributed by atoms with E-state index in [1.807, 2.05) is 35.2 Å². The van der Waals surface area contributed by atoms with Gasteiger partial charge in [-0.05, 0) is 18.4 Å². The van der Waals surface area contributed by atoms with Crippen molar-refractivity contribution >= 4 is 5.91 Å². The molecule has 2 aliphatic rings. The van der Waals surface area contributed by atoms with Gasteiger partial charge in [0.25, 0.3) is 0 Å². The normalized spacial score (nSPS) is 21.8. The van der Waals surface area contributed by atoms with Gasteiger partial charge < -0.3 is 14.4 Å². The van der Waals surface area contributed by atoms with Crippen LogP contribution in [0.25, 0.3) is 0 Å². The second-order valence-corrected chi connectivity index (χ2v) is 7.02. The van der Waals surface area contributed by atoms with Crippen molar-refractivity contribution in [2.45, 2.75) is 30.8 Å². The zero-order valence-electron chi connectivity index (χ0n) is 15.0. The van der Waals surface area contributed by atoms with E-state index in [-0.39, 0.29) is 18.0 Å². The monoisotopic (exact) mass is 371 g/mol. The third-order valence-corrected chi connectivity index (χ3v) is 5.38. The van der Waals surface area contributed by atoms with Crippen molar-refractivity contribution in [3.05, 3.63) is 54.1 Å². The molecule has 4 rings (SSSR count). The number of carbonyl (C=O) groups is 1. The van der Waals surface area contributed by atoms with Crippen molar-refractivity contribution in [2.75, 3.05) is 26.3 Å². The maximum Gasteiger partial charge on any atom is 0.316 e. The molecule has 3 heterocycles. The number of amides is 1. The van der Waals surface area contributed by atoms with Gasteiger partial charge in [0.2, 0.25) is 5.91 Å². The number of aromatic nitrogens is 2. The second kappa shape index (κ2) is 7.60. The smallest absolute Gasteiger partial charge is 0.316 e. The second-order valence-electron chi connectivity index (χ2n) is 7.02. The zero-order chi connectivity index (χ0) is 18.7. The molecule has 2 saturated heterocycles. The predicted molar refractivity (Wildman–Crippen MR) is 95.8 cm³/mol. The Bertz CT molecular complexity index is 779. The summed E-state index contributed by atoms with van der Waals surface area (Å²) in [6.45, 7) is 2.27. The molecule has 1 amide bonds. The molecule has 0 aliphatic carbocycles. The van der Waals surface area contributed by atoms with Crippen LogP contribution in [-0.2, 0) is 14.9 Å². The first-order valence-electron chi connectivity index (χ1n) is 9.24. The Morgan fingerprint density at radius 2 is 1.89 bits per heavy atom. The van der Waals surface area contributed by atoms with Crippen LogP contribution in [0, 0.1) is 5.82 Å². The van der Waals surface area contributed by atoms with E-state index >= 15 is 0 Å². The summed E-state index contributed by atoms with van der Waals surface area (Å²) in [4.78, 5) is 23.0. The van der Waals surface area contributed by atoms with Crippen LogP contribution in [0.5, 0.6) is 6.01 Å². The summed E-state index contributed by atoms with van der Waals surface area (Å²) in [5, 5.41) is 0. The Balaban J connectivity index is 1.48. The van der Waals surface area contributed by atoms with Gasteiger partial charge in [-0.15, -0.1) is 0 Å². The number of rotatable bonds is 4. The van der Waals surface area contributed by atoms with Gasteiger partial charge in [-0.25, -0.2) is 14.4 Å². The first-order valence-corrected chi connectivity index (χ1v) is 9.24. The number of hydrogen-bond donors (Lipinski definition) is 0. The zero-order valence-corrected chi connectivity index (χ0v) is 15.0. The molecule has 0 spiro atoms. The van der Waals surface area contributed by atoms with Gasteiger partial charge in [0, 0.05) is 26.2 Å². The third-order valence-electron chi connectivity index (χ3n) is 5.38. The van der Waals surface area contributed by atoms with Crippen LogP contribution < -0.4 is 4.74 Å². The van der Waals surface area contributed by atoms with Crippen molar-refractivity contribution in [3.63, 3.8) is 0 Å². The summed E-state index contributed by atoms with van der Waals surface area (Å²) in [7, 11) is 0. The molecule has 0 unspecified atom stereocenters. The summed E-state index contributed by atoms with van der Waals surface area (Å²) in [5.41, 5.74) is 0.505. The van der Waals surface area contributed by atoms with Crippen molar-refractivity contribution in [1.82, 2.24) is 14.9 Å². The molecule has 1 aromatic heterocycles. The average molecular weight is 371 g/mol. The summed E-state index contributed by atoms with van der Waals surface area (Å²) >= 11 is 0. The lowest BCUT2D eigenvalue weighted by molar-refractivity contribution is -0.140. The number of ether oxygens (including phenoxy) is 2. The summed E-state index contributed by atoms with van der Waals surface area (Å²) < 4.78 is 24.2. The van der Waals surface area contributed by atoms with Crippen LogP contribution >= 0.6 is 0 Å². The van der Waals surface area contributed by atoms with Crippen LogP contribution in [0.4, 0.5) is 4.39 Å². The molecule has 7 heteroatoms. The van der Waals surface area contributed by atoms with Crippen LogP contribution in [0.1, 0.15) is 24.8 Å². The topological polar surface area (TPSA) is 64.6 Å². The Hall–Kier alpha value is -2.54. The molecule has 0 saturated carbocycles. The molecule has 142 valence electrons. The van der Waals surface area contributed by atoms with E-state index in [1.165, 1.54) is 0 Å². The molecule has 2 aromatic rings. The van der Waals surface area contributed by atoms with Gasteiger partial charge in [0.05, 0.1) is 24.4 Å². The van der Waals surface area contributed by atoms with Crippen LogP contribution in [0.3, 0.4) is 0 Å². The fraction of sp³-hybridized carbons (Fsp3) is 0.450. The highest BCUT2D eigenvalue weighted by atomic mass is 19.1. The van der Waals surface area contributed by atoms with E-state index in [0.717, 1.165) is 18.0 Å². The van der Waals surface area contributed by atoms with Crippen LogP contribution in [0.15, 0.2) is 42.7 Å². The van der Waals surface area contributed by atoms with Gasteiger partial charge in [-0.1, -0.05) is 30.3 Å². The summed E-state index contributed by atoms with van der Waals surface area (Å²) in [6, 6.07) is 10.1. The first-order chi connectivity index (χ1) is 13.2. The maximum absolute atomic E-state index is 13.5. The summed E-state index contributed by atoms with van der Waals surface area (Å²) in [6.07, 6.45) is 4.03. The lowest BCUT2D eigenvalue weighted by Crippen LogP contribution is -2.49. The Labute approximate surface area is 157 Å². The number of halogens is 1. The SMILES string of the molecule is O=C(N1CC[C@H](Oc2ncc(F)cn2)C1)C1(c2ccccc2)CCOCC1. The fourth-order valence-electron chi connectivity index (χ4n) is 3.92. The van der Waals surface area contributed by atoms with E-state index in [2.05, 4.69) is 9.97 Å². The number of hydrogen-bond acceptors (Lipinski definition) is 5. The Morgan fingerprint density at radius 3 is 2.59 bits per heavy atom. The molecule has 1 atom stereocenters. The summed E-state index contributed by atoms with van der Waals surface area (Å²) in [5.74, 6) is -0.377. The number of benzene rings is 1. The molecule has 2 aliphatic heterocycles. The molecule has 2 fully saturated rings. The van der Waals surface area contributed by atoms with Gasteiger partial charge >= 0.3 is 6.01 Å². The standard InChI is InChI=1S/C20H22FN3O3/c21-16-12-22-19(23-13-16)27-17-6-9-24(14-17)18(25)20(7-10-26-11-8-20)15-4-2-1-3-5-15/h1-5,12-13,17H,6-11,14H2/t17-/m0/s1. The molecule has 0 bridgehead atoms. The van der Waals surface area contributed by atoms with Crippen LogP contribution in [-0.4, -0.2) is 53.2 Å². The van der Waals surface area contributed by atoms with Gasteiger partial charge in [0.15, 0.2) is 5.82 Å². The minimum absolute atomic E-state index is 0.128. The largest absolute Gasteiger partial charge is 0.458 e. The Morgan fingerprint density at radius 1 is 1.19 bits per heavy atom. The first kappa shape index (κ1) is 17.9. The minimum atomic E-state index is -0.541. The van der Waals surface area contributed by atoms with Crippen LogP contribution in [0.2, 0.25) is 0 Å². The molecule has 0 N–H and O–H groups in total. The number of likely N-dealkylation sites (tertiary alicyclic amines) is 1.